The third-order valence-corrected chi connectivity index (χ3v) is 26.7. The van der Waals surface area contributed by atoms with Crippen LogP contribution in [0.1, 0.15) is 276 Å². The van der Waals surface area contributed by atoms with E-state index in [9.17, 15) is 52.5 Å². The number of hydrogen-bond donors (Lipinski definition) is 4. The van der Waals surface area contributed by atoms with E-state index in [1.165, 1.54) is 49.8 Å². The number of carbonyl (C=O) groups is 5. The SMILES string of the molecule is CCC(C)(C)C(=O)OC1(C(C)C)C2CC3CC(C2)CC1C3.CCC(C)(C)C(=O)OC1C2CC3(O)CC1CC(O)(C2)C3.CCC(C)(C)C(=O)OC1C2CC3C(=O)OC1C3C2.CCC(C)(C)C(=O)OC1CSCCO1.CCC(C)c1ccc(C(C)(O)C(F)(F)F)cc1.CCC(C)c1ccc(O)cc1. The molecule has 2 heterocycles. The van der Waals surface area contributed by atoms with Gasteiger partial charge in [0.2, 0.25) is 6.29 Å². The van der Waals surface area contributed by atoms with Gasteiger partial charge in [0, 0.05) is 35.8 Å². The van der Waals surface area contributed by atoms with Crippen LogP contribution in [-0.2, 0) is 58.0 Å². The van der Waals surface area contributed by atoms with Crippen LogP contribution in [0.25, 0.3) is 0 Å². The van der Waals surface area contributed by atoms with Crippen molar-refractivity contribution in [2.45, 2.75) is 312 Å². The molecule has 2 aromatic rings. The number of phenolic OH excluding ortho intramolecular Hbond substituents is 1. The van der Waals surface area contributed by atoms with Crippen LogP contribution in [-0.4, -0.2) is 116 Å². The fourth-order valence-corrected chi connectivity index (χ4v) is 18.0. The van der Waals surface area contributed by atoms with Gasteiger partial charge in [-0.15, -0.1) is 0 Å². The molecule has 10 aliphatic carbocycles. The summed E-state index contributed by atoms with van der Waals surface area (Å²) < 4.78 is 71.6. The number of aromatic hydroxyl groups is 1. The maximum Gasteiger partial charge on any atom is 0.421 e. The topological polar surface area (TPSA) is 222 Å². The summed E-state index contributed by atoms with van der Waals surface area (Å²) in [4.78, 5) is 60.5. The Bertz CT molecular complexity index is 3010. The summed E-state index contributed by atoms with van der Waals surface area (Å²) >= 11 is 1.76. The van der Waals surface area contributed by atoms with Crippen LogP contribution in [0.15, 0.2) is 48.5 Å². The Hall–Kier alpha value is -4.43. The Balaban J connectivity index is 0.000000172. The minimum absolute atomic E-state index is 0.0335. The number of benzene rings is 2. The average molecular weight is 1440 g/mol. The molecule has 0 spiro atoms. The molecule has 10 saturated carbocycles. The molecule has 14 rings (SSSR count). The summed E-state index contributed by atoms with van der Waals surface area (Å²) in [5.41, 5.74) is -3.93. The molecule has 9 atom stereocenters. The Morgan fingerprint density at radius 3 is 1.42 bits per heavy atom. The number of esters is 5. The number of aliphatic hydroxyl groups is 3. The van der Waals surface area contributed by atoms with Crippen LogP contribution in [0, 0.1) is 80.8 Å². The van der Waals surface area contributed by atoms with Crippen molar-refractivity contribution in [3.8, 4) is 5.75 Å². The van der Waals surface area contributed by atoms with Gasteiger partial charge in [0.15, 0.2) is 5.60 Å². The number of alkyl halides is 3. The van der Waals surface area contributed by atoms with Crippen molar-refractivity contribution in [2.24, 2.45) is 80.8 Å². The van der Waals surface area contributed by atoms with Crippen molar-refractivity contribution < 1.29 is 86.0 Å². The van der Waals surface area contributed by atoms with Crippen LogP contribution in [0.5, 0.6) is 5.75 Å². The van der Waals surface area contributed by atoms with Crippen LogP contribution in [0.2, 0.25) is 0 Å². The maximum atomic E-state index is 12.8. The fourth-order valence-electron chi connectivity index (χ4n) is 17.2. The van der Waals surface area contributed by atoms with Gasteiger partial charge < -0.3 is 48.8 Å². The molecule has 0 amide bonds. The first kappa shape index (κ1) is 83.8. The number of ether oxygens (including phenoxy) is 6. The Morgan fingerprint density at radius 2 is 1.01 bits per heavy atom. The summed E-state index contributed by atoms with van der Waals surface area (Å²) in [5.74, 6) is 6.90. The molecule has 0 radical (unpaired) electrons. The zero-order chi connectivity index (χ0) is 75.4. The number of carbonyl (C=O) groups excluding carboxylic acids is 5. The second-order valence-corrected chi connectivity index (χ2v) is 36.1. The third kappa shape index (κ3) is 19.4. The number of halogens is 3. The number of phenols is 1. The Labute approximate surface area is 606 Å². The van der Waals surface area contributed by atoms with Gasteiger partial charge in [0.25, 0.3) is 0 Å². The molecule has 9 unspecified atom stereocenters. The maximum absolute atomic E-state index is 12.8. The molecule has 572 valence electrons. The summed E-state index contributed by atoms with van der Waals surface area (Å²) in [5, 5.41) is 39.5. The highest BCUT2D eigenvalue weighted by Gasteiger charge is 2.65. The standard InChI is InChI=1S/C19H32O2.C16H26O4.C14H20O4.C13H17F3O.C10H18O3S.C10H14O/c1-6-18(4,5)17(20)21-19(12(2)3)15-8-13-7-14(10-15)11-16(19)9-13;1-4-14(2,3)13(17)20-12-10-5-15(18)7-11(12)8-16(19,6-10)9-15;1-4-14(2,3)13(16)18-10-7-5-8-9(6-7)12(15)17-11(8)10;1-4-9(2)10-5-7-11(8-6-10)12(3,17)13(14,15)16;1-4-10(2,3)9(11)13-8-7-14-6-5-12-8;1-3-8(2)9-4-6-10(11)7-5-9/h12-16H,6-11H2,1-5H3;10-12,18-19H,4-9H2,1-3H3;7-11H,4-6H2,1-3H3;5-9,17H,4H2,1-3H3;8H,4-7H2,1-3H3;4-8,11H,3H2,1-2H3. The predicted octanol–water partition coefficient (Wildman–Crippen LogP) is 17.7. The van der Waals surface area contributed by atoms with E-state index in [1.807, 2.05) is 102 Å². The number of thioether (sulfide) groups is 1. The van der Waals surface area contributed by atoms with E-state index in [2.05, 4.69) is 34.6 Å². The zero-order valence-corrected chi connectivity index (χ0v) is 65.3. The first-order chi connectivity index (χ1) is 46.9. The van der Waals surface area contributed by atoms with Crippen molar-refractivity contribution in [3.63, 3.8) is 0 Å². The lowest BCUT2D eigenvalue weighted by molar-refractivity contribution is -0.258. The molecule has 10 bridgehead atoms. The van der Waals surface area contributed by atoms with E-state index >= 15 is 0 Å². The Kier molecular flexibility index (Phi) is 27.5. The molecule has 19 heteroatoms. The predicted molar refractivity (Wildman–Crippen MR) is 387 cm³/mol. The highest BCUT2D eigenvalue weighted by atomic mass is 32.2. The average Bonchev–Trinajstić information content (AvgIpc) is 1.26. The van der Waals surface area contributed by atoms with Crippen LogP contribution >= 0.6 is 11.8 Å². The van der Waals surface area contributed by atoms with Crippen molar-refractivity contribution in [3.05, 3.63) is 65.2 Å². The normalized spacial score (nSPS) is 32.8. The zero-order valence-electron chi connectivity index (χ0n) is 64.5. The molecule has 101 heavy (non-hydrogen) atoms. The molecule has 0 aromatic heterocycles. The lowest BCUT2D eigenvalue weighted by Gasteiger charge is -2.62. The van der Waals surface area contributed by atoms with Crippen LogP contribution in [0.4, 0.5) is 13.2 Å². The summed E-state index contributed by atoms with van der Waals surface area (Å²) in [7, 11) is 0. The van der Waals surface area contributed by atoms with Gasteiger partial charge in [-0.2, -0.15) is 24.9 Å². The first-order valence-corrected chi connectivity index (χ1v) is 39.4. The molecule has 4 N–H and O–H groups in total. The van der Waals surface area contributed by atoms with E-state index in [0.717, 1.165) is 87.2 Å². The summed E-state index contributed by atoms with van der Waals surface area (Å²) in [6.07, 6.45) is 11.3. The molecule has 2 saturated heterocycles. The third-order valence-electron chi connectivity index (χ3n) is 25.7. The number of fused-ring (bicyclic) bond motifs is 1. The van der Waals surface area contributed by atoms with E-state index in [4.69, 9.17) is 33.5 Å². The molecule has 2 aromatic carbocycles. The van der Waals surface area contributed by atoms with E-state index < -0.39 is 39.2 Å². The van der Waals surface area contributed by atoms with Gasteiger partial charge in [0.05, 0.1) is 51.1 Å². The fraction of sp³-hybridized carbons (Fsp3) is 0.793. The minimum atomic E-state index is -4.66. The molecule has 12 fully saturated rings. The molecular formula is C82H127F3O15S. The van der Waals surface area contributed by atoms with Crippen molar-refractivity contribution in [1.82, 2.24) is 0 Å². The second kappa shape index (κ2) is 33.2. The number of hydrogen-bond acceptors (Lipinski definition) is 16. The smallest absolute Gasteiger partial charge is 0.421 e. The van der Waals surface area contributed by atoms with Gasteiger partial charge in [-0.1, -0.05) is 106 Å². The highest BCUT2D eigenvalue weighted by Crippen LogP contribution is 2.63. The monoisotopic (exact) mass is 1440 g/mol. The van der Waals surface area contributed by atoms with E-state index in [-0.39, 0.29) is 88.8 Å². The van der Waals surface area contributed by atoms with Gasteiger partial charge in [-0.3, -0.25) is 24.0 Å². The van der Waals surface area contributed by atoms with Gasteiger partial charge in [-0.05, 0) is 242 Å². The summed E-state index contributed by atoms with van der Waals surface area (Å²) in [6.45, 7) is 37.9. The first-order valence-electron chi connectivity index (χ1n) is 38.3. The Morgan fingerprint density at radius 1 is 0.584 bits per heavy atom. The van der Waals surface area contributed by atoms with E-state index in [0.29, 0.717) is 85.9 Å². The molecule has 15 nitrogen and oxygen atoms in total. The van der Waals surface area contributed by atoms with Crippen molar-refractivity contribution in [2.75, 3.05) is 18.1 Å². The van der Waals surface area contributed by atoms with Crippen LogP contribution in [0.3, 0.4) is 0 Å². The molecular weight excluding hydrogens is 1310 g/mol. The van der Waals surface area contributed by atoms with E-state index in [1.54, 1.807) is 36.0 Å². The number of rotatable bonds is 18. The quantitative estimate of drug-likeness (QED) is 0.0805. The van der Waals surface area contributed by atoms with Gasteiger partial charge in [-0.25, -0.2) is 0 Å². The molecule has 12 aliphatic rings. The van der Waals surface area contributed by atoms with Crippen molar-refractivity contribution in [1.29, 1.82) is 0 Å². The minimum Gasteiger partial charge on any atom is -0.508 e. The van der Waals surface area contributed by atoms with Crippen molar-refractivity contribution >= 4 is 41.6 Å². The second-order valence-electron chi connectivity index (χ2n) is 34.9. The van der Waals surface area contributed by atoms with Gasteiger partial charge in [0.1, 0.15) is 29.7 Å². The van der Waals surface area contributed by atoms with Gasteiger partial charge >= 0.3 is 36.0 Å². The summed E-state index contributed by atoms with van der Waals surface area (Å²) in [6, 6.07) is 13.4. The lowest BCUT2D eigenvalue weighted by atomic mass is 9.47. The lowest BCUT2D eigenvalue weighted by Crippen LogP contribution is -2.64. The molecule has 2 aliphatic heterocycles. The van der Waals surface area contributed by atoms with Crippen LogP contribution < -0.4 is 0 Å². The highest BCUT2D eigenvalue weighted by molar-refractivity contribution is 7.99. The largest absolute Gasteiger partial charge is 0.508 e.